The normalized spacial score (nSPS) is 11.1. The van der Waals surface area contributed by atoms with Crippen LogP contribution in [0.1, 0.15) is 43.1 Å². The van der Waals surface area contributed by atoms with Gasteiger partial charge in [0.2, 0.25) is 0 Å². The molecular weight excluding hydrogens is 260 g/mol. The van der Waals surface area contributed by atoms with Gasteiger partial charge in [-0.1, -0.05) is 19.1 Å². The highest BCUT2D eigenvalue weighted by Crippen LogP contribution is 2.24. The molecule has 0 aromatic heterocycles. The zero-order valence-electron chi connectivity index (χ0n) is 12.0. The van der Waals surface area contributed by atoms with Crippen molar-refractivity contribution in [1.29, 1.82) is 0 Å². The first kappa shape index (κ1) is 16.1. The molecule has 0 aliphatic carbocycles. The molecule has 0 spiro atoms. The Balaban J connectivity index is 3.20. The molecule has 0 radical (unpaired) electrons. The van der Waals surface area contributed by atoms with Crippen LogP contribution >= 0.6 is 0 Å². The largest absolute Gasteiger partial charge is 0.477 e. The van der Waals surface area contributed by atoms with Crippen LogP contribution in [0.15, 0.2) is 18.2 Å². The Bertz CT molecular complexity index is 500. The van der Waals surface area contributed by atoms with Gasteiger partial charge in [0.05, 0.1) is 4.92 Å². The number of carboxylic acid groups (broad SMARTS) is 1. The number of aromatic carboxylic acids is 1. The molecule has 0 saturated carbocycles. The maximum absolute atomic E-state index is 11.3. The van der Waals surface area contributed by atoms with E-state index in [-0.39, 0.29) is 17.3 Å². The Morgan fingerprint density at radius 1 is 1.45 bits per heavy atom. The van der Waals surface area contributed by atoms with Gasteiger partial charge < -0.3 is 5.11 Å². The van der Waals surface area contributed by atoms with Crippen LogP contribution in [-0.2, 0) is 6.54 Å². The van der Waals surface area contributed by atoms with E-state index in [4.69, 9.17) is 0 Å². The molecule has 0 aliphatic heterocycles. The van der Waals surface area contributed by atoms with Crippen LogP contribution in [0.5, 0.6) is 0 Å². The predicted octanol–water partition coefficient (Wildman–Crippen LogP) is 2.91. The number of hydrogen-bond donors (Lipinski definition) is 1. The third kappa shape index (κ3) is 3.77. The molecule has 6 heteroatoms. The predicted molar refractivity (Wildman–Crippen MR) is 75.9 cm³/mol. The monoisotopic (exact) mass is 280 g/mol. The van der Waals surface area contributed by atoms with Crippen LogP contribution in [-0.4, -0.2) is 33.5 Å². The summed E-state index contributed by atoms with van der Waals surface area (Å²) in [6.07, 6.45) is 0.940. The quantitative estimate of drug-likeness (QED) is 0.613. The lowest BCUT2D eigenvalue weighted by molar-refractivity contribution is -0.385. The van der Waals surface area contributed by atoms with Gasteiger partial charge in [0.15, 0.2) is 0 Å². The van der Waals surface area contributed by atoms with Crippen LogP contribution < -0.4 is 0 Å². The van der Waals surface area contributed by atoms with E-state index in [1.807, 2.05) is 20.8 Å². The average Bonchev–Trinajstić information content (AvgIpc) is 2.37. The standard InChI is InChI=1S/C14H20N2O4/c1-4-8-15(10(2)3)9-11-6-5-7-12(16(19)20)13(11)14(17)18/h5-7,10H,4,8-9H2,1-3H3,(H,17,18). The fraction of sp³-hybridized carbons (Fsp3) is 0.500. The number of carboxylic acids is 1. The van der Waals surface area contributed by atoms with Crippen molar-refractivity contribution in [2.24, 2.45) is 0 Å². The van der Waals surface area contributed by atoms with Crippen molar-refractivity contribution in [3.05, 3.63) is 39.4 Å². The number of nitro groups is 1. The highest BCUT2D eigenvalue weighted by molar-refractivity contribution is 5.94. The van der Waals surface area contributed by atoms with Gasteiger partial charge in [0, 0.05) is 18.7 Å². The van der Waals surface area contributed by atoms with Gasteiger partial charge in [0.1, 0.15) is 5.56 Å². The Kier molecular flexibility index (Phi) is 5.64. The van der Waals surface area contributed by atoms with E-state index in [2.05, 4.69) is 4.90 Å². The maximum Gasteiger partial charge on any atom is 0.343 e. The summed E-state index contributed by atoms with van der Waals surface area (Å²) in [6, 6.07) is 4.65. The van der Waals surface area contributed by atoms with Crippen molar-refractivity contribution in [2.45, 2.75) is 39.8 Å². The Morgan fingerprint density at radius 3 is 2.55 bits per heavy atom. The van der Waals surface area contributed by atoms with Crippen molar-refractivity contribution in [3.8, 4) is 0 Å². The Hall–Kier alpha value is -1.95. The van der Waals surface area contributed by atoms with Gasteiger partial charge in [-0.05, 0) is 32.4 Å². The number of nitro benzene ring substituents is 1. The van der Waals surface area contributed by atoms with E-state index in [1.54, 1.807) is 6.07 Å². The molecule has 1 aromatic rings. The first-order chi connectivity index (χ1) is 9.38. The van der Waals surface area contributed by atoms with Crippen LogP contribution in [0, 0.1) is 10.1 Å². The molecule has 0 unspecified atom stereocenters. The van der Waals surface area contributed by atoms with Gasteiger partial charge in [-0.3, -0.25) is 15.0 Å². The lowest BCUT2D eigenvalue weighted by Crippen LogP contribution is -2.31. The molecule has 0 amide bonds. The number of benzene rings is 1. The summed E-state index contributed by atoms with van der Waals surface area (Å²) in [5.41, 5.74) is -0.0803. The fourth-order valence-corrected chi connectivity index (χ4v) is 2.14. The number of rotatable bonds is 7. The lowest BCUT2D eigenvalue weighted by Gasteiger charge is -2.26. The molecule has 0 aliphatic rings. The second-order valence-corrected chi connectivity index (χ2v) is 4.94. The number of carbonyl (C=O) groups is 1. The van der Waals surface area contributed by atoms with Crippen molar-refractivity contribution < 1.29 is 14.8 Å². The summed E-state index contributed by atoms with van der Waals surface area (Å²) in [7, 11) is 0. The minimum atomic E-state index is -1.26. The second-order valence-electron chi connectivity index (χ2n) is 4.94. The fourth-order valence-electron chi connectivity index (χ4n) is 2.14. The molecule has 110 valence electrons. The highest BCUT2D eigenvalue weighted by atomic mass is 16.6. The van der Waals surface area contributed by atoms with E-state index in [1.165, 1.54) is 12.1 Å². The molecule has 20 heavy (non-hydrogen) atoms. The summed E-state index contributed by atoms with van der Waals surface area (Å²) >= 11 is 0. The van der Waals surface area contributed by atoms with Gasteiger partial charge in [-0.25, -0.2) is 4.79 Å². The molecule has 0 heterocycles. The SMILES string of the molecule is CCCN(Cc1cccc([N+](=O)[O-])c1C(=O)O)C(C)C. The molecule has 0 saturated heterocycles. The van der Waals surface area contributed by atoms with Crippen LogP contribution in [0.3, 0.4) is 0 Å². The smallest absolute Gasteiger partial charge is 0.343 e. The lowest BCUT2D eigenvalue weighted by atomic mass is 10.0. The molecule has 1 aromatic carbocycles. The van der Waals surface area contributed by atoms with Crippen molar-refractivity contribution >= 4 is 11.7 Å². The summed E-state index contributed by atoms with van der Waals surface area (Å²) in [5, 5.41) is 20.2. The summed E-state index contributed by atoms with van der Waals surface area (Å²) < 4.78 is 0. The average molecular weight is 280 g/mol. The Morgan fingerprint density at radius 2 is 2.10 bits per heavy atom. The molecule has 0 atom stereocenters. The molecule has 0 fully saturated rings. The van der Waals surface area contributed by atoms with Crippen molar-refractivity contribution in [3.63, 3.8) is 0 Å². The highest BCUT2D eigenvalue weighted by Gasteiger charge is 2.24. The Labute approximate surface area is 118 Å². The number of nitrogens with zero attached hydrogens (tertiary/aromatic N) is 2. The van der Waals surface area contributed by atoms with Crippen LogP contribution in [0.25, 0.3) is 0 Å². The van der Waals surface area contributed by atoms with Gasteiger partial charge in [-0.2, -0.15) is 0 Å². The minimum absolute atomic E-state index is 0.209. The topological polar surface area (TPSA) is 83.7 Å². The first-order valence-corrected chi connectivity index (χ1v) is 6.62. The summed E-state index contributed by atoms with van der Waals surface area (Å²) in [6.45, 7) is 7.30. The third-order valence-corrected chi connectivity index (χ3v) is 3.15. The zero-order valence-corrected chi connectivity index (χ0v) is 12.0. The third-order valence-electron chi connectivity index (χ3n) is 3.15. The van der Waals surface area contributed by atoms with E-state index < -0.39 is 10.9 Å². The van der Waals surface area contributed by atoms with Gasteiger partial charge in [0.25, 0.3) is 5.69 Å². The molecule has 1 N–H and O–H groups in total. The van der Waals surface area contributed by atoms with Crippen LogP contribution in [0.2, 0.25) is 0 Å². The second kappa shape index (κ2) is 7.00. The molecule has 1 rings (SSSR count). The van der Waals surface area contributed by atoms with E-state index in [0.717, 1.165) is 13.0 Å². The van der Waals surface area contributed by atoms with Gasteiger partial charge >= 0.3 is 5.97 Å². The maximum atomic E-state index is 11.3. The van der Waals surface area contributed by atoms with E-state index >= 15 is 0 Å². The summed E-state index contributed by atoms with van der Waals surface area (Å²) in [5.74, 6) is -1.26. The van der Waals surface area contributed by atoms with E-state index in [9.17, 15) is 20.0 Å². The summed E-state index contributed by atoms with van der Waals surface area (Å²) in [4.78, 5) is 23.7. The molecule has 0 bridgehead atoms. The molecular formula is C14H20N2O4. The van der Waals surface area contributed by atoms with Crippen LogP contribution in [0.4, 0.5) is 5.69 Å². The van der Waals surface area contributed by atoms with Gasteiger partial charge in [-0.15, -0.1) is 0 Å². The van der Waals surface area contributed by atoms with Crippen molar-refractivity contribution in [2.75, 3.05) is 6.54 Å². The molecule has 6 nitrogen and oxygen atoms in total. The van der Waals surface area contributed by atoms with E-state index in [0.29, 0.717) is 12.1 Å². The van der Waals surface area contributed by atoms with Crippen molar-refractivity contribution in [1.82, 2.24) is 4.90 Å². The minimum Gasteiger partial charge on any atom is -0.477 e. The number of hydrogen-bond acceptors (Lipinski definition) is 4. The zero-order chi connectivity index (χ0) is 15.3. The first-order valence-electron chi connectivity index (χ1n) is 6.62.